The van der Waals surface area contributed by atoms with Gasteiger partial charge in [-0.3, -0.25) is 4.79 Å². The van der Waals surface area contributed by atoms with E-state index in [2.05, 4.69) is 14.8 Å². The second kappa shape index (κ2) is 5.52. The van der Waals surface area contributed by atoms with Crippen LogP contribution in [0.3, 0.4) is 0 Å². The van der Waals surface area contributed by atoms with E-state index in [1.165, 1.54) is 7.11 Å². The van der Waals surface area contributed by atoms with Gasteiger partial charge in [-0.15, -0.1) is 0 Å². The Morgan fingerprint density at radius 1 is 1.55 bits per heavy atom. The molecule has 0 atom stereocenters. The average molecular weight is 163 g/mol. The lowest BCUT2D eigenvalue weighted by Gasteiger charge is -2.02. The van der Waals surface area contributed by atoms with Crippen molar-refractivity contribution in [1.29, 1.82) is 0 Å². The van der Waals surface area contributed by atoms with Crippen LogP contribution in [-0.2, 0) is 14.3 Å². The molecular formula is C6H13NO4. The van der Waals surface area contributed by atoms with Crippen molar-refractivity contribution < 1.29 is 20.5 Å². The largest absolute Gasteiger partial charge is 0.465 e. The van der Waals surface area contributed by atoms with Crippen LogP contribution in [0.4, 0.5) is 4.79 Å². The maximum atomic E-state index is 10.6. The Balaban J connectivity index is 0. The zero-order valence-corrected chi connectivity index (χ0v) is 6.55. The topological polar surface area (TPSA) is 64.6 Å². The number of carbonyl (C=O) groups is 2. The second-order valence-corrected chi connectivity index (χ2v) is 1.65. The molecule has 0 aromatic carbocycles. The molecule has 1 N–H and O–H groups in total. The molecule has 0 saturated carbocycles. The number of amides is 1. The molecule has 0 aromatic rings. The van der Waals surface area contributed by atoms with E-state index < -0.39 is 12.1 Å². The molecule has 0 bridgehead atoms. The van der Waals surface area contributed by atoms with E-state index in [9.17, 15) is 9.59 Å². The SMILES string of the molecule is CCOC(=O)CNC(=O)OC.[HH]. The third-order valence-electron chi connectivity index (χ3n) is 0.868. The fourth-order valence-corrected chi connectivity index (χ4v) is 0.429. The van der Waals surface area contributed by atoms with Crippen molar-refractivity contribution in [3.8, 4) is 0 Å². The van der Waals surface area contributed by atoms with Crippen LogP contribution in [0, 0.1) is 0 Å². The number of carbonyl (C=O) groups excluding carboxylic acids is 2. The predicted molar refractivity (Wildman–Crippen MR) is 39.2 cm³/mol. The molecule has 66 valence electrons. The Kier molecular flexibility index (Phi) is 4.89. The molecule has 0 fully saturated rings. The first-order valence-corrected chi connectivity index (χ1v) is 3.18. The van der Waals surface area contributed by atoms with Crippen LogP contribution < -0.4 is 5.32 Å². The van der Waals surface area contributed by atoms with E-state index in [1.807, 2.05) is 0 Å². The third-order valence-corrected chi connectivity index (χ3v) is 0.868. The van der Waals surface area contributed by atoms with Crippen LogP contribution in [0.1, 0.15) is 8.35 Å². The maximum absolute atomic E-state index is 10.6. The number of ether oxygens (including phenoxy) is 2. The molecule has 0 heterocycles. The van der Waals surface area contributed by atoms with E-state index >= 15 is 0 Å². The predicted octanol–water partition coefficient (Wildman–Crippen LogP) is 0.152. The normalized spacial score (nSPS) is 8.55. The first-order valence-electron chi connectivity index (χ1n) is 3.18. The summed E-state index contributed by atoms with van der Waals surface area (Å²) in [6, 6.07) is 0. The Bertz CT molecular complexity index is 150. The lowest BCUT2D eigenvalue weighted by atomic mass is 10.6. The van der Waals surface area contributed by atoms with Crippen LogP contribution in [0.15, 0.2) is 0 Å². The molecular weight excluding hydrogens is 150 g/mol. The average Bonchev–Trinajstić information content (AvgIpc) is 2.01. The summed E-state index contributed by atoms with van der Waals surface area (Å²) in [5.41, 5.74) is 0. The van der Waals surface area contributed by atoms with E-state index in [0.717, 1.165) is 0 Å². The monoisotopic (exact) mass is 163 g/mol. The van der Waals surface area contributed by atoms with Crippen molar-refractivity contribution in [2.45, 2.75) is 6.92 Å². The fourth-order valence-electron chi connectivity index (χ4n) is 0.429. The number of hydrogen-bond donors (Lipinski definition) is 1. The van der Waals surface area contributed by atoms with Crippen molar-refractivity contribution in [3.63, 3.8) is 0 Å². The van der Waals surface area contributed by atoms with Gasteiger partial charge in [0.1, 0.15) is 6.54 Å². The molecule has 0 radical (unpaired) electrons. The minimum Gasteiger partial charge on any atom is -0.465 e. The van der Waals surface area contributed by atoms with Gasteiger partial charge in [0.25, 0.3) is 0 Å². The number of hydrogen-bond acceptors (Lipinski definition) is 4. The summed E-state index contributed by atoms with van der Waals surface area (Å²) in [6.45, 7) is 1.85. The minimum atomic E-state index is -0.641. The van der Waals surface area contributed by atoms with Crippen molar-refractivity contribution in [2.24, 2.45) is 0 Å². The van der Waals surface area contributed by atoms with Crippen LogP contribution in [0.25, 0.3) is 0 Å². The van der Waals surface area contributed by atoms with Gasteiger partial charge in [0.2, 0.25) is 0 Å². The van der Waals surface area contributed by atoms with Crippen LogP contribution in [-0.4, -0.2) is 32.3 Å². The molecule has 0 spiro atoms. The Labute approximate surface area is 66.1 Å². The molecule has 0 aromatic heterocycles. The molecule has 0 aliphatic rings. The summed E-state index contributed by atoms with van der Waals surface area (Å²) in [5.74, 6) is -0.474. The summed E-state index contributed by atoms with van der Waals surface area (Å²) >= 11 is 0. The van der Waals surface area contributed by atoms with E-state index in [4.69, 9.17) is 0 Å². The van der Waals surface area contributed by atoms with Gasteiger partial charge < -0.3 is 14.8 Å². The van der Waals surface area contributed by atoms with Crippen LogP contribution in [0.5, 0.6) is 0 Å². The smallest absolute Gasteiger partial charge is 0.407 e. The lowest BCUT2D eigenvalue weighted by Crippen LogP contribution is -2.30. The van der Waals surface area contributed by atoms with Crippen LogP contribution in [0.2, 0.25) is 0 Å². The Morgan fingerprint density at radius 3 is 2.64 bits per heavy atom. The first kappa shape index (κ1) is 9.74. The number of nitrogens with one attached hydrogen (secondary N) is 1. The molecule has 5 heteroatoms. The van der Waals surface area contributed by atoms with E-state index in [0.29, 0.717) is 6.61 Å². The van der Waals surface area contributed by atoms with Gasteiger partial charge in [-0.2, -0.15) is 0 Å². The summed E-state index contributed by atoms with van der Waals surface area (Å²) in [5, 5.41) is 2.18. The summed E-state index contributed by atoms with van der Waals surface area (Å²) in [6.07, 6.45) is -0.641. The van der Waals surface area contributed by atoms with Crippen molar-refractivity contribution >= 4 is 12.1 Å². The highest BCUT2D eigenvalue weighted by atomic mass is 16.5. The highest BCUT2D eigenvalue weighted by molar-refractivity contribution is 5.77. The van der Waals surface area contributed by atoms with Gasteiger partial charge in [0, 0.05) is 1.43 Å². The molecule has 0 aliphatic heterocycles. The van der Waals surface area contributed by atoms with Crippen molar-refractivity contribution in [2.75, 3.05) is 20.3 Å². The highest BCUT2D eigenvalue weighted by Gasteiger charge is 2.03. The quantitative estimate of drug-likeness (QED) is 0.601. The van der Waals surface area contributed by atoms with Crippen LogP contribution >= 0.6 is 0 Å². The molecule has 0 aliphatic carbocycles. The molecule has 0 rings (SSSR count). The molecule has 1 amide bonds. The number of esters is 1. The molecule has 0 unspecified atom stereocenters. The molecule has 5 nitrogen and oxygen atoms in total. The van der Waals surface area contributed by atoms with E-state index in [-0.39, 0.29) is 7.97 Å². The van der Waals surface area contributed by atoms with Gasteiger partial charge in [0.15, 0.2) is 0 Å². The maximum Gasteiger partial charge on any atom is 0.407 e. The molecule has 11 heavy (non-hydrogen) atoms. The Morgan fingerprint density at radius 2 is 2.18 bits per heavy atom. The van der Waals surface area contributed by atoms with E-state index in [1.54, 1.807) is 6.92 Å². The van der Waals surface area contributed by atoms with Gasteiger partial charge in [0.05, 0.1) is 13.7 Å². The Hall–Kier alpha value is -1.26. The number of alkyl carbamates (subject to hydrolysis) is 1. The lowest BCUT2D eigenvalue weighted by molar-refractivity contribution is -0.141. The van der Waals surface area contributed by atoms with Gasteiger partial charge in [-0.05, 0) is 6.92 Å². The zero-order chi connectivity index (χ0) is 8.69. The molecule has 0 saturated heterocycles. The van der Waals surface area contributed by atoms with Crippen molar-refractivity contribution in [1.82, 2.24) is 5.32 Å². The standard InChI is InChI=1S/C6H11NO4.H2/c1-3-11-5(8)4-7-6(9)10-2;/h3-4H2,1-2H3,(H,7,9);1H. The summed E-state index contributed by atoms with van der Waals surface area (Å²) < 4.78 is 8.75. The summed E-state index contributed by atoms with van der Waals surface area (Å²) in [4.78, 5) is 21.0. The summed E-state index contributed by atoms with van der Waals surface area (Å²) in [7, 11) is 1.22. The number of methoxy groups -OCH3 is 1. The minimum absolute atomic E-state index is 0. The van der Waals surface area contributed by atoms with Gasteiger partial charge in [-0.25, -0.2) is 4.79 Å². The van der Waals surface area contributed by atoms with Crippen molar-refractivity contribution in [3.05, 3.63) is 0 Å². The highest BCUT2D eigenvalue weighted by Crippen LogP contribution is 1.76. The second-order valence-electron chi connectivity index (χ2n) is 1.65. The fraction of sp³-hybridized carbons (Fsp3) is 0.667. The number of rotatable bonds is 3. The third kappa shape index (κ3) is 5.20. The van der Waals surface area contributed by atoms with Gasteiger partial charge >= 0.3 is 12.1 Å². The first-order chi connectivity index (χ1) is 5.20. The zero-order valence-electron chi connectivity index (χ0n) is 6.55. The van der Waals surface area contributed by atoms with Gasteiger partial charge in [-0.1, -0.05) is 0 Å².